The number of amides is 3. The molecule has 1 aromatic carbocycles. The SMILES string of the molecule is COCC(=O)N1CCCN(C(=O)Nc2ccc3c(C)cc(=O)oc3c2)CC1. The molecular weight excluding hydrogens is 350 g/mol. The van der Waals surface area contributed by atoms with E-state index in [-0.39, 0.29) is 18.5 Å². The Kier molecular flexibility index (Phi) is 5.75. The lowest BCUT2D eigenvalue weighted by Gasteiger charge is -2.22. The van der Waals surface area contributed by atoms with Gasteiger partial charge in [0.2, 0.25) is 5.91 Å². The van der Waals surface area contributed by atoms with Gasteiger partial charge < -0.3 is 24.3 Å². The maximum Gasteiger partial charge on any atom is 0.336 e. The third-order valence-electron chi connectivity index (χ3n) is 4.61. The molecule has 1 aliphatic rings. The number of anilines is 1. The molecule has 3 amide bonds. The summed E-state index contributed by atoms with van der Waals surface area (Å²) in [6.07, 6.45) is 0.703. The maximum absolute atomic E-state index is 12.6. The summed E-state index contributed by atoms with van der Waals surface area (Å²) in [5, 5.41) is 3.66. The molecule has 1 N–H and O–H groups in total. The van der Waals surface area contributed by atoms with Crippen LogP contribution in [0.2, 0.25) is 0 Å². The van der Waals surface area contributed by atoms with Crippen molar-refractivity contribution in [2.75, 3.05) is 45.2 Å². The van der Waals surface area contributed by atoms with Crippen LogP contribution in [0.25, 0.3) is 11.0 Å². The number of urea groups is 1. The van der Waals surface area contributed by atoms with Gasteiger partial charge in [-0.05, 0) is 31.0 Å². The lowest BCUT2D eigenvalue weighted by molar-refractivity contribution is -0.134. The summed E-state index contributed by atoms with van der Waals surface area (Å²) in [5.41, 5.74) is 1.40. The van der Waals surface area contributed by atoms with Crippen LogP contribution in [0.4, 0.5) is 10.5 Å². The van der Waals surface area contributed by atoms with E-state index in [0.717, 1.165) is 10.9 Å². The van der Waals surface area contributed by atoms with Crippen molar-refractivity contribution in [3.63, 3.8) is 0 Å². The van der Waals surface area contributed by atoms with E-state index >= 15 is 0 Å². The highest BCUT2D eigenvalue weighted by molar-refractivity contribution is 5.92. The van der Waals surface area contributed by atoms with E-state index in [2.05, 4.69) is 5.32 Å². The largest absolute Gasteiger partial charge is 0.423 e. The van der Waals surface area contributed by atoms with Crippen LogP contribution >= 0.6 is 0 Å². The number of methoxy groups -OCH3 is 1. The van der Waals surface area contributed by atoms with Crippen molar-refractivity contribution in [3.8, 4) is 0 Å². The molecule has 27 heavy (non-hydrogen) atoms. The lowest BCUT2D eigenvalue weighted by atomic mass is 10.1. The molecule has 0 bridgehead atoms. The standard InChI is InChI=1S/C19H23N3O5/c1-13-10-18(24)27-16-11-14(4-5-15(13)16)20-19(25)22-7-3-6-21(8-9-22)17(23)12-26-2/h4-5,10-11H,3,6-9,12H2,1-2H3,(H,20,25). The number of fused-ring (bicyclic) bond motifs is 1. The van der Waals surface area contributed by atoms with Gasteiger partial charge >= 0.3 is 11.7 Å². The third-order valence-corrected chi connectivity index (χ3v) is 4.61. The van der Waals surface area contributed by atoms with Crippen LogP contribution in [-0.2, 0) is 9.53 Å². The first-order valence-corrected chi connectivity index (χ1v) is 8.85. The Labute approximate surface area is 156 Å². The van der Waals surface area contributed by atoms with Crippen LogP contribution in [0, 0.1) is 6.92 Å². The molecule has 1 aliphatic heterocycles. The van der Waals surface area contributed by atoms with Gasteiger partial charge in [-0.15, -0.1) is 0 Å². The fraction of sp³-hybridized carbons (Fsp3) is 0.421. The topological polar surface area (TPSA) is 92.1 Å². The van der Waals surface area contributed by atoms with Crippen LogP contribution in [0.1, 0.15) is 12.0 Å². The van der Waals surface area contributed by atoms with E-state index in [1.165, 1.54) is 13.2 Å². The molecule has 2 heterocycles. The van der Waals surface area contributed by atoms with Gasteiger partial charge in [0, 0.05) is 56.5 Å². The number of hydrogen-bond donors (Lipinski definition) is 1. The first kappa shape index (κ1) is 18.9. The Morgan fingerprint density at radius 3 is 2.67 bits per heavy atom. The number of carbonyl (C=O) groups is 2. The van der Waals surface area contributed by atoms with Gasteiger partial charge in [-0.1, -0.05) is 0 Å². The molecule has 0 radical (unpaired) electrons. The Bertz CT molecular complexity index is 908. The molecule has 2 aromatic rings. The van der Waals surface area contributed by atoms with Gasteiger partial charge in [0.15, 0.2) is 0 Å². The minimum absolute atomic E-state index is 0.0495. The summed E-state index contributed by atoms with van der Waals surface area (Å²) >= 11 is 0. The van der Waals surface area contributed by atoms with Crippen molar-refractivity contribution in [3.05, 3.63) is 40.2 Å². The quantitative estimate of drug-likeness (QED) is 0.829. The lowest BCUT2D eigenvalue weighted by Crippen LogP contribution is -2.40. The Morgan fingerprint density at radius 2 is 1.89 bits per heavy atom. The fourth-order valence-corrected chi connectivity index (χ4v) is 3.19. The molecule has 0 saturated carbocycles. The van der Waals surface area contributed by atoms with Crippen molar-refractivity contribution in [1.29, 1.82) is 0 Å². The summed E-state index contributed by atoms with van der Waals surface area (Å²) in [6, 6.07) is 6.43. The fourth-order valence-electron chi connectivity index (χ4n) is 3.19. The van der Waals surface area contributed by atoms with E-state index < -0.39 is 5.63 Å². The molecule has 0 aliphatic carbocycles. The van der Waals surface area contributed by atoms with Crippen molar-refractivity contribution >= 4 is 28.6 Å². The number of nitrogens with zero attached hydrogens (tertiary/aromatic N) is 2. The molecule has 1 saturated heterocycles. The van der Waals surface area contributed by atoms with Crippen LogP contribution in [0.5, 0.6) is 0 Å². The van der Waals surface area contributed by atoms with Crippen LogP contribution in [0.3, 0.4) is 0 Å². The van der Waals surface area contributed by atoms with Crippen molar-refractivity contribution in [2.45, 2.75) is 13.3 Å². The summed E-state index contributed by atoms with van der Waals surface area (Å²) in [7, 11) is 1.49. The van der Waals surface area contributed by atoms with Gasteiger partial charge in [-0.25, -0.2) is 9.59 Å². The van der Waals surface area contributed by atoms with Crippen molar-refractivity contribution in [1.82, 2.24) is 9.80 Å². The normalized spacial score (nSPS) is 14.9. The predicted octanol–water partition coefficient (Wildman–Crippen LogP) is 1.81. The monoisotopic (exact) mass is 373 g/mol. The van der Waals surface area contributed by atoms with Gasteiger partial charge in [-0.2, -0.15) is 0 Å². The number of rotatable bonds is 3. The number of benzene rings is 1. The third kappa shape index (κ3) is 4.46. The average Bonchev–Trinajstić information content (AvgIpc) is 2.87. The summed E-state index contributed by atoms with van der Waals surface area (Å²) in [4.78, 5) is 39.5. The predicted molar refractivity (Wildman–Crippen MR) is 101 cm³/mol. The molecule has 0 spiro atoms. The second kappa shape index (κ2) is 8.22. The number of aryl methyl sites for hydroxylation is 1. The molecule has 144 valence electrons. The highest BCUT2D eigenvalue weighted by Crippen LogP contribution is 2.21. The van der Waals surface area contributed by atoms with Crippen LogP contribution in [-0.4, -0.2) is 61.6 Å². The van der Waals surface area contributed by atoms with Gasteiger partial charge in [0.05, 0.1) is 0 Å². The molecule has 8 heteroatoms. The van der Waals surface area contributed by atoms with Crippen molar-refractivity contribution in [2.24, 2.45) is 0 Å². The summed E-state index contributed by atoms with van der Waals surface area (Å²) in [5.74, 6) is -0.0697. The van der Waals surface area contributed by atoms with Crippen LogP contribution in [0.15, 0.2) is 33.5 Å². The first-order chi connectivity index (χ1) is 13.0. The first-order valence-electron chi connectivity index (χ1n) is 8.85. The minimum Gasteiger partial charge on any atom is -0.423 e. The molecule has 0 unspecified atom stereocenters. The Morgan fingerprint density at radius 1 is 1.15 bits per heavy atom. The van der Waals surface area contributed by atoms with Gasteiger partial charge in [0.1, 0.15) is 12.2 Å². The maximum atomic E-state index is 12.6. The van der Waals surface area contributed by atoms with E-state index in [1.54, 1.807) is 21.9 Å². The summed E-state index contributed by atoms with van der Waals surface area (Å²) in [6.45, 7) is 3.97. The zero-order valence-electron chi connectivity index (χ0n) is 15.5. The van der Waals surface area contributed by atoms with E-state index in [9.17, 15) is 14.4 Å². The Balaban J connectivity index is 1.67. The van der Waals surface area contributed by atoms with Crippen molar-refractivity contribution < 1.29 is 18.7 Å². The zero-order chi connectivity index (χ0) is 19.4. The second-order valence-corrected chi connectivity index (χ2v) is 6.54. The second-order valence-electron chi connectivity index (χ2n) is 6.54. The Hall–Kier alpha value is -2.87. The van der Waals surface area contributed by atoms with E-state index in [1.807, 2.05) is 13.0 Å². The highest BCUT2D eigenvalue weighted by Gasteiger charge is 2.22. The molecular formula is C19H23N3O5. The van der Waals surface area contributed by atoms with Gasteiger partial charge in [0.25, 0.3) is 0 Å². The number of hydrogen-bond acceptors (Lipinski definition) is 5. The zero-order valence-corrected chi connectivity index (χ0v) is 15.5. The average molecular weight is 373 g/mol. The smallest absolute Gasteiger partial charge is 0.336 e. The number of nitrogens with one attached hydrogen (secondary N) is 1. The molecule has 8 nitrogen and oxygen atoms in total. The summed E-state index contributed by atoms with van der Waals surface area (Å²) < 4.78 is 10.1. The number of ether oxygens (including phenoxy) is 1. The minimum atomic E-state index is -0.420. The number of carbonyl (C=O) groups excluding carboxylic acids is 2. The molecule has 1 aromatic heterocycles. The van der Waals surface area contributed by atoms with E-state index in [4.69, 9.17) is 9.15 Å². The highest BCUT2D eigenvalue weighted by atomic mass is 16.5. The van der Waals surface area contributed by atoms with Crippen LogP contribution < -0.4 is 10.9 Å². The van der Waals surface area contributed by atoms with E-state index in [0.29, 0.717) is 43.9 Å². The molecule has 1 fully saturated rings. The molecule has 3 rings (SSSR count). The molecule has 0 atom stereocenters. The van der Waals surface area contributed by atoms with Gasteiger partial charge in [-0.3, -0.25) is 4.79 Å².